The monoisotopic (exact) mass is 1200 g/mol. The van der Waals surface area contributed by atoms with Crippen LogP contribution in [0.4, 0.5) is 0 Å². The van der Waals surface area contributed by atoms with Gasteiger partial charge in [-0.1, -0.05) is 231 Å². The summed E-state index contributed by atoms with van der Waals surface area (Å²) in [5.41, 5.74) is 19.0. The first kappa shape index (κ1) is 53.7. The minimum absolute atomic E-state index is 0.601. The Morgan fingerprint density at radius 3 is 1.06 bits per heavy atom. The van der Waals surface area contributed by atoms with Crippen LogP contribution >= 0.6 is 11.3 Å². The van der Waals surface area contributed by atoms with E-state index in [1.54, 1.807) is 0 Å². The smallest absolute Gasteiger partial charge is 0.164 e. The first-order chi connectivity index (χ1) is 46.1. The predicted molar refractivity (Wildman–Crippen MR) is 384 cm³/mol. The molecule has 0 aliphatic heterocycles. The maximum absolute atomic E-state index is 5.26. The number of thiophene rings is 1. The average Bonchev–Trinajstić information content (AvgIpc) is 1.64. The molecule has 5 heterocycles. The summed E-state index contributed by atoms with van der Waals surface area (Å²) in [4.78, 5) is 30.4. The SMILES string of the molecule is c1ccc(-c2nc(-c3ccccc3)nc(-c3ccc(-c4ccc(-n5c6ccccc6c6cc(-c7cccc(-c8nc(-c9ccccc9)nc(-c9ccc(-n%10c%11ccccc%11c%11cc(-c%12cccc%13c%12sc%12ccccc%12%13)ccc%11%10)cc9)n8)c7)ccc65)cc4)cc3)n2)cc1. The van der Waals surface area contributed by atoms with E-state index in [0.29, 0.717) is 34.9 Å². The molecule has 8 nitrogen and oxygen atoms in total. The lowest BCUT2D eigenvalue weighted by atomic mass is 10.0. The molecule has 434 valence electrons. The molecule has 0 bridgehead atoms. The molecule has 0 atom stereocenters. The van der Waals surface area contributed by atoms with Crippen molar-refractivity contribution in [3.8, 4) is 113 Å². The summed E-state index contributed by atoms with van der Waals surface area (Å²) in [6.07, 6.45) is 0. The molecule has 0 fully saturated rings. The zero-order valence-corrected chi connectivity index (χ0v) is 50.8. The van der Waals surface area contributed by atoms with Gasteiger partial charge in [0.25, 0.3) is 0 Å². The summed E-state index contributed by atoms with van der Waals surface area (Å²) in [7, 11) is 0. The molecule has 0 unspecified atom stereocenters. The highest BCUT2D eigenvalue weighted by Gasteiger charge is 2.20. The Hall–Kier alpha value is -12.3. The predicted octanol–water partition coefficient (Wildman–Crippen LogP) is 21.6. The number of benzene rings is 13. The first-order valence-electron chi connectivity index (χ1n) is 31.2. The van der Waals surface area contributed by atoms with Crippen LogP contribution in [-0.2, 0) is 0 Å². The Morgan fingerprint density at radius 1 is 0.204 bits per heavy atom. The lowest BCUT2D eigenvalue weighted by Crippen LogP contribution is -2.00. The molecule has 0 radical (unpaired) electrons. The minimum Gasteiger partial charge on any atom is -0.309 e. The van der Waals surface area contributed by atoms with E-state index in [0.717, 1.165) is 89.1 Å². The largest absolute Gasteiger partial charge is 0.309 e. The summed E-state index contributed by atoms with van der Waals surface area (Å²) in [5.74, 6) is 3.72. The topological polar surface area (TPSA) is 87.2 Å². The zero-order valence-electron chi connectivity index (χ0n) is 50.0. The van der Waals surface area contributed by atoms with Crippen molar-refractivity contribution in [2.45, 2.75) is 0 Å². The van der Waals surface area contributed by atoms with Crippen molar-refractivity contribution in [3.05, 3.63) is 315 Å². The third-order valence-corrected chi connectivity index (χ3v) is 19.1. The van der Waals surface area contributed by atoms with Gasteiger partial charge >= 0.3 is 0 Å². The summed E-state index contributed by atoms with van der Waals surface area (Å²) in [6.45, 7) is 0. The molecule has 0 aliphatic carbocycles. The minimum atomic E-state index is 0.601. The van der Waals surface area contributed by atoms with Crippen molar-refractivity contribution in [2.24, 2.45) is 0 Å². The van der Waals surface area contributed by atoms with Gasteiger partial charge in [0.15, 0.2) is 34.9 Å². The summed E-state index contributed by atoms with van der Waals surface area (Å²) < 4.78 is 7.36. The van der Waals surface area contributed by atoms with E-state index in [1.165, 1.54) is 52.8 Å². The molecule has 18 rings (SSSR count). The van der Waals surface area contributed by atoms with E-state index in [-0.39, 0.29) is 0 Å². The van der Waals surface area contributed by atoms with Gasteiger partial charge in [0.1, 0.15) is 0 Å². The van der Waals surface area contributed by atoms with Gasteiger partial charge in [-0.3, -0.25) is 0 Å². The molecule has 18 aromatic rings. The molecule has 0 saturated carbocycles. The molecule has 5 aromatic heterocycles. The van der Waals surface area contributed by atoms with Crippen molar-refractivity contribution in [3.63, 3.8) is 0 Å². The normalized spacial score (nSPS) is 11.7. The fraction of sp³-hybridized carbons (Fsp3) is 0. The summed E-state index contributed by atoms with van der Waals surface area (Å²) >= 11 is 1.87. The van der Waals surface area contributed by atoms with E-state index in [9.17, 15) is 0 Å². The quantitative estimate of drug-likeness (QED) is 0.128. The highest BCUT2D eigenvalue weighted by Crippen LogP contribution is 2.43. The van der Waals surface area contributed by atoms with Crippen LogP contribution in [0.15, 0.2) is 315 Å². The van der Waals surface area contributed by atoms with Gasteiger partial charge in [-0.05, 0) is 118 Å². The molecular formula is C84H52N8S. The van der Waals surface area contributed by atoms with Gasteiger partial charge in [0, 0.05) is 86.5 Å². The number of para-hydroxylation sites is 2. The lowest BCUT2D eigenvalue weighted by Gasteiger charge is -2.12. The standard InChI is InChI=1S/C84H52N8S/c1-4-18-55(19-5-1)79-85-80(56-20-6-2-7-21-56)87-82(86-79)58-36-34-53(35-37-58)54-38-44-64(45-39-54)91-73-31-13-10-26-67(73)71-51-61(42-48-75(71)91)60-24-16-25-63(50-60)84-89-81(57-22-8-3-9-23-57)88-83(90-84)59-40-46-65(47-41-59)92-74-32-14-11-27-68(74)72-52-62(43-49-76(72)92)66-29-17-30-70-69-28-12-15-33-77(69)93-78(66)70/h1-52H. The van der Waals surface area contributed by atoms with Crippen molar-refractivity contribution in [1.29, 1.82) is 0 Å². The Kier molecular flexibility index (Phi) is 12.9. The zero-order chi connectivity index (χ0) is 61.3. The highest BCUT2D eigenvalue weighted by atomic mass is 32.1. The third kappa shape index (κ3) is 9.53. The van der Waals surface area contributed by atoms with Crippen LogP contribution in [0.2, 0.25) is 0 Å². The Labute approximate surface area is 539 Å². The number of hydrogen-bond acceptors (Lipinski definition) is 7. The van der Waals surface area contributed by atoms with Crippen LogP contribution in [-0.4, -0.2) is 39.0 Å². The van der Waals surface area contributed by atoms with E-state index < -0.39 is 0 Å². The van der Waals surface area contributed by atoms with Crippen LogP contribution in [0.5, 0.6) is 0 Å². The van der Waals surface area contributed by atoms with Gasteiger partial charge in [-0.25, -0.2) is 29.9 Å². The maximum Gasteiger partial charge on any atom is 0.164 e. The Balaban J connectivity index is 0.651. The third-order valence-electron chi connectivity index (χ3n) is 17.9. The molecule has 13 aromatic carbocycles. The highest BCUT2D eigenvalue weighted by molar-refractivity contribution is 7.26. The second-order valence-electron chi connectivity index (χ2n) is 23.4. The van der Waals surface area contributed by atoms with Crippen LogP contribution in [0.25, 0.3) is 177 Å². The number of rotatable bonds is 11. The molecule has 0 spiro atoms. The number of hydrogen-bond donors (Lipinski definition) is 0. The fourth-order valence-corrected chi connectivity index (χ4v) is 14.6. The van der Waals surface area contributed by atoms with Crippen molar-refractivity contribution >= 4 is 75.1 Å². The van der Waals surface area contributed by atoms with Crippen LogP contribution in [0, 0.1) is 0 Å². The lowest BCUT2D eigenvalue weighted by molar-refractivity contribution is 1.07. The van der Waals surface area contributed by atoms with Crippen molar-refractivity contribution < 1.29 is 0 Å². The Morgan fingerprint density at radius 2 is 0.538 bits per heavy atom. The first-order valence-corrected chi connectivity index (χ1v) is 32.0. The average molecular weight is 1210 g/mol. The fourth-order valence-electron chi connectivity index (χ4n) is 13.3. The molecular weight excluding hydrogens is 1150 g/mol. The molecule has 93 heavy (non-hydrogen) atoms. The summed E-state index contributed by atoms with van der Waals surface area (Å²) in [6, 6.07) is 111. The van der Waals surface area contributed by atoms with Gasteiger partial charge in [0.05, 0.1) is 22.1 Å². The van der Waals surface area contributed by atoms with E-state index >= 15 is 0 Å². The van der Waals surface area contributed by atoms with E-state index in [4.69, 9.17) is 29.9 Å². The molecule has 0 N–H and O–H groups in total. The van der Waals surface area contributed by atoms with Gasteiger partial charge < -0.3 is 9.13 Å². The molecule has 0 amide bonds. The van der Waals surface area contributed by atoms with Crippen LogP contribution in [0.1, 0.15) is 0 Å². The maximum atomic E-state index is 5.26. The van der Waals surface area contributed by atoms with Crippen molar-refractivity contribution in [1.82, 2.24) is 39.0 Å². The van der Waals surface area contributed by atoms with Gasteiger partial charge in [0.2, 0.25) is 0 Å². The molecule has 0 saturated heterocycles. The second-order valence-corrected chi connectivity index (χ2v) is 24.5. The van der Waals surface area contributed by atoms with Gasteiger partial charge in [-0.2, -0.15) is 0 Å². The molecule has 0 aliphatic rings. The molecule has 9 heteroatoms. The van der Waals surface area contributed by atoms with Crippen LogP contribution in [0.3, 0.4) is 0 Å². The summed E-state index contributed by atoms with van der Waals surface area (Å²) in [5, 5.41) is 7.38. The van der Waals surface area contributed by atoms with Gasteiger partial charge in [-0.15, -0.1) is 11.3 Å². The number of aromatic nitrogens is 8. The van der Waals surface area contributed by atoms with E-state index in [2.05, 4.69) is 246 Å². The number of nitrogens with zero attached hydrogens (tertiary/aromatic N) is 8. The van der Waals surface area contributed by atoms with E-state index in [1.807, 2.05) is 90.2 Å². The second kappa shape index (κ2) is 22.3. The van der Waals surface area contributed by atoms with Crippen molar-refractivity contribution in [2.75, 3.05) is 0 Å². The Bertz CT molecular complexity index is 5840. The number of fused-ring (bicyclic) bond motifs is 9. The van der Waals surface area contributed by atoms with Crippen LogP contribution < -0.4 is 0 Å².